The van der Waals surface area contributed by atoms with Gasteiger partial charge in [-0.05, 0) is 0 Å². The monoisotopic (exact) mass is 333 g/mol. The number of aliphatic imine (C=N–C) groups is 1. The molecule has 9 atom stereocenters. The van der Waals surface area contributed by atoms with Crippen LogP contribution in [0.4, 0.5) is 0 Å². The molecule has 1 aliphatic carbocycles. The number of nitrogens with two attached hydrogens (primary N) is 1. The number of rotatable bonds is 2. The lowest BCUT2D eigenvalue weighted by Crippen LogP contribution is -2.95. The largest absolute Gasteiger partial charge is 0.393 e. The molecule has 0 radical (unpaired) electrons. The lowest BCUT2D eigenvalue weighted by molar-refractivity contribution is -0.548. The summed E-state index contributed by atoms with van der Waals surface area (Å²) < 4.78 is 15.7. The molecule has 0 amide bonds. The first-order valence-corrected chi connectivity index (χ1v) is 7.16. The van der Waals surface area contributed by atoms with Crippen LogP contribution in [0.25, 0.3) is 0 Å². The van der Waals surface area contributed by atoms with Crippen LogP contribution in [-0.2, 0) is 14.2 Å². The van der Waals surface area contributed by atoms with Crippen LogP contribution in [0.1, 0.15) is 0 Å². The molecule has 8 N–H and O–H groups in total. The molecule has 11 heteroatoms. The number of hydrogen-bond donors (Lipinski definition) is 7. The third-order valence-corrected chi connectivity index (χ3v) is 5.44. The maximum atomic E-state index is 10.8. The van der Waals surface area contributed by atoms with E-state index < -0.39 is 60.3 Å². The summed E-state index contributed by atoms with van der Waals surface area (Å²) >= 11 is 0. The molecule has 0 aromatic rings. The minimum Gasteiger partial charge on any atom is -0.393 e. The van der Waals surface area contributed by atoms with Crippen LogP contribution in [0.3, 0.4) is 0 Å². The zero-order valence-electron chi connectivity index (χ0n) is 12.2. The Morgan fingerprint density at radius 2 is 1.96 bits per heavy atom. The third kappa shape index (κ3) is 1.49. The quantitative estimate of drug-likeness (QED) is 0.259. The Bertz CT molecular complexity index is 577. The van der Waals surface area contributed by atoms with E-state index in [0.717, 1.165) is 0 Å². The van der Waals surface area contributed by atoms with Crippen molar-refractivity contribution in [3.8, 4) is 0 Å². The van der Waals surface area contributed by atoms with Gasteiger partial charge < -0.3 is 50.8 Å². The number of guanidine groups is 1. The van der Waals surface area contributed by atoms with Gasteiger partial charge in [-0.25, -0.2) is 4.99 Å². The lowest BCUT2D eigenvalue weighted by atomic mass is 9.55. The number of aliphatic hydroxyl groups is 5. The van der Waals surface area contributed by atoms with Crippen molar-refractivity contribution in [1.82, 2.24) is 5.32 Å². The van der Waals surface area contributed by atoms with Gasteiger partial charge >= 0.3 is 5.97 Å². The Balaban J connectivity index is 1.94. The Kier molecular flexibility index (Phi) is 2.90. The highest BCUT2D eigenvalue weighted by Gasteiger charge is 2.83. The standard InChI is InChI=1S/C12H19N3O8/c1-21-7-3-5-10(19,2-16)6-4(17)11(3,15-9(13)14-7)8(18)12(20,22-5)23-6/h3-8,16-20H,2H2,1H3,(H3,13,14,15)/t3-,4-,5-,6+,7-,8+,10+,11-,12+/m1/s1. The van der Waals surface area contributed by atoms with Gasteiger partial charge in [0.2, 0.25) is 0 Å². The van der Waals surface area contributed by atoms with Crippen LogP contribution in [-0.4, -0.2) is 93.0 Å². The van der Waals surface area contributed by atoms with Gasteiger partial charge in [0.1, 0.15) is 29.5 Å². The van der Waals surface area contributed by atoms with Crippen molar-refractivity contribution in [3.05, 3.63) is 0 Å². The van der Waals surface area contributed by atoms with Crippen LogP contribution in [0.5, 0.6) is 0 Å². The molecule has 3 saturated heterocycles. The maximum absolute atomic E-state index is 10.8. The number of nitrogens with zero attached hydrogens (tertiary/aromatic N) is 1. The van der Waals surface area contributed by atoms with Crippen molar-refractivity contribution in [1.29, 1.82) is 0 Å². The number of aliphatic hydroxyl groups excluding tert-OH is 3. The average Bonchev–Trinajstić information content (AvgIpc) is 2.52. The highest BCUT2D eigenvalue weighted by molar-refractivity contribution is 5.80. The molecule has 1 spiro atoms. The van der Waals surface area contributed by atoms with Crippen LogP contribution in [0.15, 0.2) is 4.99 Å². The van der Waals surface area contributed by atoms with Crippen LogP contribution >= 0.6 is 0 Å². The molecular weight excluding hydrogens is 314 g/mol. The molecular formula is C12H19N3O8. The summed E-state index contributed by atoms with van der Waals surface area (Å²) in [5, 5.41) is 54.9. The first-order chi connectivity index (χ1) is 10.7. The van der Waals surface area contributed by atoms with E-state index in [1.807, 2.05) is 0 Å². The second-order valence-electron chi connectivity index (χ2n) is 6.43. The molecule has 5 aliphatic rings. The van der Waals surface area contributed by atoms with Crippen molar-refractivity contribution >= 4 is 5.96 Å². The second kappa shape index (κ2) is 4.32. The topological polar surface area (TPSA) is 179 Å². The van der Waals surface area contributed by atoms with Crippen LogP contribution in [0.2, 0.25) is 0 Å². The van der Waals surface area contributed by atoms with Gasteiger partial charge in [-0.15, -0.1) is 0 Å². The maximum Gasteiger partial charge on any atom is 0.311 e. The van der Waals surface area contributed by atoms with E-state index in [1.165, 1.54) is 7.11 Å². The van der Waals surface area contributed by atoms with Crippen LogP contribution in [0, 0.1) is 5.92 Å². The van der Waals surface area contributed by atoms with E-state index in [1.54, 1.807) is 0 Å². The van der Waals surface area contributed by atoms with E-state index in [4.69, 9.17) is 19.9 Å². The van der Waals surface area contributed by atoms with E-state index in [-0.39, 0.29) is 5.96 Å². The van der Waals surface area contributed by atoms with Gasteiger partial charge in [0.15, 0.2) is 18.3 Å². The van der Waals surface area contributed by atoms with Gasteiger partial charge in [0.25, 0.3) is 0 Å². The molecule has 11 nitrogen and oxygen atoms in total. The van der Waals surface area contributed by atoms with Gasteiger partial charge in [-0.2, -0.15) is 0 Å². The van der Waals surface area contributed by atoms with E-state index in [9.17, 15) is 25.5 Å². The van der Waals surface area contributed by atoms with Gasteiger partial charge in [0, 0.05) is 7.11 Å². The molecule has 130 valence electrons. The fourth-order valence-electron chi connectivity index (χ4n) is 4.41. The molecule has 0 aromatic heterocycles. The summed E-state index contributed by atoms with van der Waals surface area (Å²) in [5.74, 6) is -3.51. The molecule has 4 bridgehead atoms. The fourth-order valence-corrected chi connectivity index (χ4v) is 4.41. The van der Waals surface area contributed by atoms with E-state index in [0.29, 0.717) is 0 Å². The Hall–Kier alpha value is -1.05. The fraction of sp³-hybridized carbons (Fsp3) is 0.917. The summed E-state index contributed by atoms with van der Waals surface area (Å²) in [4.78, 5) is 4.04. The smallest absolute Gasteiger partial charge is 0.311 e. The second-order valence-corrected chi connectivity index (χ2v) is 6.43. The van der Waals surface area contributed by atoms with E-state index in [2.05, 4.69) is 10.3 Å². The lowest BCUT2D eigenvalue weighted by Gasteiger charge is -2.71. The van der Waals surface area contributed by atoms with Gasteiger partial charge in [0.05, 0.1) is 12.5 Å². The SMILES string of the molecule is CO[C@H]1N=C(N)N[C@]23[C@@H]1[C@H]1O[C@](O)(O[C@@H]([C@H]2O)[C@]1(O)CO)[C@H]3O. The predicted molar refractivity (Wildman–Crippen MR) is 70.5 cm³/mol. The zero-order valence-corrected chi connectivity index (χ0v) is 12.2. The number of ether oxygens (including phenoxy) is 3. The van der Waals surface area contributed by atoms with Crippen molar-refractivity contribution in [2.75, 3.05) is 13.7 Å². The summed E-state index contributed by atoms with van der Waals surface area (Å²) in [6, 6.07) is 0. The minimum absolute atomic E-state index is 0.107. The molecule has 0 unspecified atom stereocenters. The first-order valence-electron chi connectivity index (χ1n) is 7.16. The third-order valence-electron chi connectivity index (χ3n) is 5.44. The Labute approximate surface area is 130 Å². The Morgan fingerprint density at radius 1 is 1.30 bits per heavy atom. The molecule has 1 saturated carbocycles. The highest BCUT2D eigenvalue weighted by Crippen LogP contribution is 2.58. The van der Waals surface area contributed by atoms with Crippen molar-refractivity contribution in [3.63, 3.8) is 0 Å². The van der Waals surface area contributed by atoms with Crippen molar-refractivity contribution < 1.29 is 39.7 Å². The molecule has 5 rings (SSSR count). The van der Waals surface area contributed by atoms with Gasteiger partial charge in [-0.3, -0.25) is 0 Å². The zero-order chi connectivity index (χ0) is 16.8. The summed E-state index contributed by atoms with van der Waals surface area (Å²) in [7, 11) is 1.34. The average molecular weight is 333 g/mol. The normalized spacial score (nSPS) is 60.2. The molecule has 4 fully saturated rings. The van der Waals surface area contributed by atoms with Crippen molar-refractivity contribution in [2.45, 2.75) is 47.8 Å². The van der Waals surface area contributed by atoms with Gasteiger partial charge in [-0.1, -0.05) is 0 Å². The highest BCUT2D eigenvalue weighted by atomic mass is 16.9. The minimum atomic E-state index is -2.46. The molecule has 4 aliphatic heterocycles. The first kappa shape index (κ1) is 15.5. The number of nitrogens with one attached hydrogen (secondary N) is 1. The predicted octanol–water partition coefficient (Wildman–Crippen LogP) is -4.87. The summed E-state index contributed by atoms with van der Waals surface area (Å²) in [6.45, 7) is -0.798. The van der Waals surface area contributed by atoms with Crippen molar-refractivity contribution in [2.24, 2.45) is 16.6 Å². The molecule has 0 aromatic carbocycles. The number of methoxy groups -OCH3 is 1. The number of hydrogen-bond acceptors (Lipinski definition) is 11. The van der Waals surface area contributed by atoms with Crippen LogP contribution < -0.4 is 11.1 Å². The van der Waals surface area contributed by atoms with E-state index >= 15 is 0 Å². The summed E-state index contributed by atoms with van der Waals surface area (Å²) in [6.07, 6.45) is -6.87. The Morgan fingerprint density at radius 3 is 2.57 bits per heavy atom. The molecule has 23 heavy (non-hydrogen) atoms. The summed E-state index contributed by atoms with van der Waals surface area (Å²) in [5.41, 5.74) is 2.10. The molecule has 4 heterocycles.